The van der Waals surface area contributed by atoms with Gasteiger partial charge < -0.3 is 15.0 Å². The molecule has 0 unspecified atom stereocenters. The molecule has 0 saturated carbocycles. The molecular formula is C8H18N2O2. The molecule has 1 saturated heterocycles. The van der Waals surface area contributed by atoms with Gasteiger partial charge in [0.15, 0.2) is 0 Å². The zero-order valence-electron chi connectivity index (χ0n) is 8.09. The number of methoxy groups -OCH3 is 1. The number of rotatable bonds is 3. The normalized spacial score (nSPS) is 15.2. The fourth-order valence-electron chi connectivity index (χ4n) is 0.926. The Kier molecular flexibility index (Phi) is 6.47. The van der Waals surface area contributed by atoms with E-state index >= 15 is 0 Å². The first kappa shape index (κ1) is 11.2. The van der Waals surface area contributed by atoms with Gasteiger partial charge in [-0.15, -0.1) is 0 Å². The molecule has 1 rings (SSSR count). The third kappa shape index (κ3) is 3.57. The smallest absolute Gasteiger partial charge is 0.317 e. The summed E-state index contributed by atoms with van der Waals surface area (Å²) in [5.41, 5.74) is 0. The molecule has 1 N–H and O–H groups in total. The van der Waals surface area contributed by atoms with E-state index in [1.54, 1.807) is 12.0 Å². The zero-order chi connectivity index (χ0) is 9.40. The van der Waals surface area contributed by atoms with E-state index in [-0.39, 0.29) is 6.03 Å². The highest BCUT2D eigenvalue weighted by molar-refractivity contribution is 5.76. The van der Waals surface area contributed by atoms with Crippen LogP contribution in [0.2, 0.25) is 0 Å². The monoisotopic (exact) mass is 174 g/mol. The Morgan fingerprint density at radius 2 is 2.25 bits per heavy atom. The molecule has 2 amide bonds. The van der Waals surface area contributed by atoms with E-state index in [1.807, 2.05) is 13.8 Å². The molecule has 1 aliphatic rings. The standard InChI is InChI=1S/C6H12N2O2.C2H6/c1-10-5-4-8-3-2-7-6(8)9;1-2/h2-5H2,1H3,(H,7,9);1-2H3. The molecule has 4 nitrogen and oxygen atoms in total. The number of hydrogen-bond donors (Lipinski definition) is 1. The van der Waals surface area contributed by atoms with Gasteiger partial charge in [0, 0.05) is 26.7 Å². The Balaban J connectivity index is 0.000000561. The number of amides is 2. The number of nitrogens with zero attached hydrogens (tertiary/aromatic N) is 1. The van der Waals surface area contributed by atoms with Crippen molar-refractivity contribution < 1.29 is 9.53 Å². The molecule has 1 aliphatic heterocycles. The number of carbonyl (C=O) groups is 1. The van der Waals surface area contributed by atoms with E-state index in [2.05, 4.69) is 5.32 Å². The molecule has 0 bridgehead atoms. The van der Waals surface area contributed by atoms with Crippen molar-refractivity contribution >= 4 is 6.03 Å². The Bertz CT molecular complexity index is 128. The van der Waals surface area contributed by atoms with Crippen molar-refractivity contribution in [3.05, 3.63) is 0 Å². The van der Waals surface area contributed by atoms with Gasteiger partial charge >= 0.3 is 6.03 Å². The van der Waals surface area contributed by atoms with Gasteiger partial charge in [0.2, 0.25) is 0 Å². The van der Waals surface area contributed by atoms with Crippen molar-refractivity contribution in [3.8, 4) is 0 Å². The maximum Gasteiger partial charge on any atom is 0.317 e. The molecule has 72 valence electrons. The van der Waals surface area contributed by atoms with Gasteiger partial charge in [-0.3, -0.25) is 0 Å². The highest BCUT2D eigenvalue weighted by Crippen LogP contribution is 1.94. The summed E-state index contributed by atoms with van der Waals surface area (Å²) < 4.78 is 4.83. The van der Waals surface area contributed by atoms with Crippen LogP contribution in [0.3, 0.4) is 0 Å². The molecule has 0 spiro atoms. The summed E-state index contributed by atoms with van der Waals surface area (Å²) in [6.07, 6.45) is 0. The molecular weight excluding hydrogens is 156 g/mol. The lowest BCUT2D eigenvalue weighted by atomic mass is 10.5. The lowest BCUT2D eigenvalue weighted by Crippen LogP contribution is -2.30. The quantitative estimate of drug-likeness (QED) is 0.683. The van der Waals surface area contributed by atoms with Crippen molar-refractivity contribution in [2.24, 2.45) is 0 Å². The highest BCUT2D eigenvalue weighted by Gasteiger charge is 2.17. The van der Waals surface area contributed by atoms with Gasteiger partial charge in [0.1, 0.15) is 0 Å². The predicted octanol–water partition coefficient (Wildman–Crippen LogP) is 0.684. The molecule has 0 aromatic carbocycles. The summed E-state index contributed by atoms with van der Waals surface area (Å²) in [7, 11) is 1.63. The van der Waals surface area contributed by atoms with Gasteiger partial charge in [0.05, 0.1) is 6.61 Å². The number of nitrogens with one attached hydrogen (secondary N) is 1. The minimum absolute atomic E-state index is 0.0250. The van der Waals surface area contributed by atoms with Crippen molar-refractivity contribution in [3.63, 3.8) is 0 Å². The first-order valence-electron chi connectivity index (χ1n) is 4.36. The Morgan fingerprint density at radius 3 is 2.67 bits per heavy atom. The first-order valence-corrected chi connectivity index (χ1v) is 4.36. The van der Waals surface area contributed by atoms with Crippen LogP contribution in [0.4, 0.5) is 4.79 Å². The van der Waals surface area contributed by atoms with Crippen LogP contribution in [0.5, 0.6) is 0 Å². The average molecular weight is 174 g/mol. The van der Waals surface area contributed by atoms with Gasteiger partial charge in [-0.05, 0) is 0 Å². The Hall–Kier alpha value is -0.770. The molecule has 0 radical (unpaired) electrons. The van der Waals surface area contributed by atoms with Gasteiger partial charge in [-0.2, -0.15) is 0 Å². The highest BCUT2D eigenvalue weighted by atomic mass is 16.5. The molecule has 1 fully saturated rings. The summed E-state index contributed by atoms with van der Waals surface area (Å²) in [5.74, 6) is 0. The SMILES string of the molecule is CC.COCCN1CCNC1=O. The van der Waals surface area contributed by atoms with Crippen LogP contribution in [-0.2, 0) is 4.74 Å². The van der Waals surface area contributed by atoms with E-state index < -0.39 is 0 Å². The van der Waals surface area contributed by atoms with E-state index in [0.29, 0.717) is 13.2 Å². The fraction of sp³-hybridized carbons (Fsp3) is 0.875. The third-order valence-corrected chi connectivity index (χ3v) is 1.51. The van der Waals surface area contributed by atoms with Crippen LogP contribution in [0.1, 0.15) is 13.8 Å². The minimum atomic E-state index is 0.0250. The van der Waals surface area contributed by atoms with E-state index in [4.69, 9.17) is 4.74 Å². The number of carbonyl (C=O) groups excluding carboxylic acids is 1. The van der Waals surface area contributed by atoms with Gasteiger partial charge in [-0.25, -0.2) is 4.79 Å². The summed E-state index contributed by atoms with van der Waals surface area (Å²) in [6.45, 7) is 6.89. The summed E-state index contributed by atoms with van der Waals surface area (Å²) in [4.78, 5) is 12.6. The molecule has 0 aromatic rings. The van der Waals surface area contributed by atoms with Crippen LogP contribution in [0.25, 0.3) is 0 Å². The Morgan fingerprint density at radius 1 is 1.58 bits per heavy atom. The summed E-state index contributed by atoms with van der Waals surface area (Å²) >= 11 is 0. The zero-order valence-corrected chi connectivity index (χ0v) is 8.09. The van der Waals surface area contributed by atoms with Crippen molar-refractivity contribution in [2.75, 3.05) is 33.4 Å². The second-order valence-electron chi connectivity index (χ2n) is 2.21. The van der Waals surface area contributed by atoms with Crippen molar-refractivity contribution in [1.82, 2.24) is 10.2 Å². The van der Waals surface area contributed by atoms with Crippen LogP contribution in [0.15, 0.2) is 0 Å². The Labute approximate surface area is 73.9 Å². The maximum atomic E-state index is 10.8. The van der Waals surface area contributed by atoms with Crippen LogP contribution in [-0.4, -0.2) is 44.3 Å². The van der Waals surface area contributed by atoms with Crippen LogP contribution < -0.4 is 5.32 Å². The molecule has 0 aliphatic carbocycles. The van der Waals surface area contributed by atoms with Gasteiger partial charge in [-0.1, -0.05) is 13.8 Å². The first-order chi connectivity index (χ1) is 5.84. The fourth-order valence-corrected chi connectivity index (χ4v) is 0.926. The number of ether oxygens (including phenoxy) is 1. The third-order valence-electron chi connectivity index (χ3n) is 1.51. The molecule has 1 heterocycles. The largest absolute Gasteiger partial charge is 0.383 e. The van der Waals surface area contributed by atoms with E-state index in [9.17, 15) is 4.79 Å². The van der Waals surface area contributed by atoms with Crippen molar-refractivity contribution in [1.29, 1.82) is 0 Å². The van der Waals surface area contributed by atoms with E-state index in [0.717, 1.165) is 13.1 Å². The number of urea groups is 1. The lowest BCUT2D eigenvalue weighted by molar-refractivity contribution is 0.161. The van der Waals surface area contributed by atoms with Crippen molar-refractivity contribution in [2.45, 2.75) is 13.8 Å². The average Bonchev–Trinajstić information content (AvgIpc) is 2.51. The molecule has 0 atom stereocenters. The second-order valence-corrected chi connectivity index (χ2v) is 2.21. The van der Waals surface area contributed by atoms with Crippen LogP contribution >= 0.6 is 0 Å². The molecule has 0 aromatic heterocycles. The van der Waals surface area contributed by atoms with Crippen LogP contribution in [0, 0.1) is 0 Å². The topological polar surface area (TPSA) is 41.6 Å². The lowest BCUT2D eigenvalue weighted by Gasteiger charge is -2.11. The number of hydrogen-bond acceptors (Lipinski definition) is 2. The van der Waals surface area contributed by atoms with E-state index in [1.165, 1.54) is 0 Å². The minimum Gasteiger partial charge on any atom is -0.383 e. The summed E-state index contributed by atoms with van der Waals surface area (Å²) in [6, 6.07) is 0.0250. The second kappa shape index (κ2) is 6.91. The van der Waals surface area contributed by atoms with Gasteiger partial charge in [0.25, 0.3) is 0 Å². The summed E-state index contributed by atoms with van der Waals surface area (Å²) in [5, 5.41) is 2.71. The molecule has 4 heteroatoms. The maximum absolute atomic E-state index is 10.8. The predicted molar refractivity (Wildman–Crippen MR) is 48.2 cm³/mol. The molecule has 12 heavy (non-hydrogen) atoms.